The Labute approximate surface area is 201 Å². The van der Waals surface area contributed by atoms with Gasteiger partial charge in [0.15, 0.2) is 11.0 Å². The van der Waals surface area contributed by atoms with Gasteiger partial charge in [0.2, 0.25) is 5.91 Å². The molecule has 0 bridgehead atoms. The zero-order valence-electron chi connectivity index (χ0n) is 18.0. The molecule has 2 heterocycles. The number of nitrogens with zero attached hydrogens (tertiary/aromatic N) is 3. The number of hydrogen-bond donors (Lipinski definition) is 1. The largest absolute Gasteiger partial charge is 0.492 e. The van der Waals surface area contributed by atoms with Gasteiger partial charge in [-0.25, -0.2) is 0 Å². The standard InChI is InChI=1S/C24H23ClN4O3S/c1-17-21(11-13-31-17)23-27-28-24(29(23)15-18-5-3-2-4-6-18)33-16-22(30)26-12-14-32-20-9-7-19(25)8-10-20/h2-11,13H,12,14-16H2,1H3,(H,26,30). The zero-order chi connectivity index (χ0) is 23.0. The van der Waals surface area contributed by atoms with Gasteiger partial charge in [0, 0.05) is 5.02 Å². The second-order valence-corrected chi connectivity index (χ2v) is 8.59. The van der Waals surface area contributed by atoms with Crippen LogP contribution in [0.2, 0.25) is 5.02 Å². The Bertz CT molecular complexity index is 1190. The predicted octanol–water partition coefficient (Wildman–Crippen LogP) is 4.84. The van der Waals surface area contributed by atoms with Crippen LogP contribution in [0.1, 0.15) is 11.3 Å². The molecule has 0 aliphatic heterocycles. The number of halogens is 1. The molecule has 0 spiro atoms. The molecule has 2 aromatic heterocycles. The van der Waals surface area contributed by atoms with E-state index >= 15 is 0 Å². The Morgan fingerprint density at radius 3 is 2.64 bits per heavy atom. The molecule has 4 aromatic rings. The van der Waals surface area contributed by atoms with E-state index in [9.17, 15) is 4.79 Å². The van der Waals surface area contributed by atoms with Crippen molar-refractivity contribution in [3.8, 4) is 17.1 Å². The van der Waals surface area contributed by atoms with Crippen LogP contribution in [0.3, 0.4) is 0 Å². The lowest BCUT2D eigenvalue weighted by atomic mass is 10.2. The van der Waals surface area contributed by atoms with E-state index < -0.39 is 0 Å². The van der Waals surface area contributed by atoms with Gasteiger partial charge in [0.1, 0.15) is 18.1 Å². The van der Waals surface area contributed by atoms with Crippen molar-refractivity contribution in [2.45, 2.75) is 18.6 Å². The monoisotopic (exact) mass is 482 g/mol. The predicted molar refractivity (Wildman–Crippen MR) is 129 cm³/mol. The number of ether oxygens (including phenoxy) is 1. The summed E-state index contributed by atoms with van der Waals surface area (Å²) in [5.41, 5.74) is 2.00. The van der Waals surface area contributed by atoms with Crippen molar-refractivity contribution in [3.63, 3.8) is 0 Å². The lowest BCUT2D eigenvalue weighted by Gasteiger charge is -2.10. The lowest BCUT2D eigenvalue weighted by Crippen LogP contribution is -2.29. The van der Waals surface area contributed by atoms with E-state index in [1.807, 2.05) is 47.9 Å². The highest BCUT2D eigenvalue weighted by Crippen LogP contribution is 2.28. The zero-order valence-corrected chi connectivity index (χ0v) is 19.6. The quantitative estimate of drug-likeness (QED) is 0.257. The fourth-order valence-electron chi connectivity index (χ4n) is 3.19. The number of hydrogen-bond acceptors (Lipinski definition) is 6. The van der Waals surface area contributed by atoms with E-state index in [0.29, 0.717) is 41.4 Å². The van der Waals surface area contributed by atoms with Crippen LogP contribution in [0.15, 0.2) is 76.5 Å². The highest BCUT2D eigenvalue weighted by molar-refractivity contribution is 7.99. The Hall–Kier alpha value is -3.23. The number of aryl methyl sites for hydroxylation is 1. The van der Waals surface area contributed by atoms with E-state index in [0.717, 1.165) is 16.9 Å². The van der Waals surface area contributed by atoms with Crippen molar-refractivity contribution in [3.05, 3.63) is 83.3 Å². The second-order valence-electron chi connectivity index (χ2n) is 7.21. The molecule has 2 aromatic carbocycles. The number of rotatable bonds is 10. The summed E-state index contributed by atoms with van der Waals surface area (Å²) in [6.07, 6.45) is 1.64. The molecule has 0 saturated carbocycles. The Morgan fingerprint density at radius 2 is 1.91 bits per heavy atom. The van der Waals surface area contributed by atoms with Gasteiger partial charge in [0.05, 0.1) is 30.7 Å². The minimum absolute atomic E-state index is 0.102. The number of furan rings is 1. The maximum absolute atomic E-state index is 12.4. The molecule has 0 unspecified atom stereocenters. The summed E-state index contributed by atoms with van der Waals surface area (Å²) in [7, 11) is 0. The number of aromatic nitrogens is 3. The van der Waals surface area contributed by atoms with Crippen LogP contribution in [0, 0.1) is 6.92 Å². The Morgan fingerprint density at radius 1 is 1.12 bits per heavy atom. The van der Waals surface area contributed by atoms with Crippen molar-refractivity contribution in [1.29, 1.82) is 0 Å². The lowest BCUT2D eigenvalue weighted by molar-refractivity contribution is -0.118. The molecule has 0 saturated heterocycles. The van der Waals surface area contributed by atoms with E-state index in [2.05, 4.69) is 15.5 Å². The third kappa shape index (κ3) is 6.18. The van der Waals surface area contributed by atoms with Gasteiger partial charge in [-0.3, -0.25) is 9.36 Å². The molecule has 33 heavy (non-hydrogen) atoms. The van der Waals surface area contributed by atoms with E-state index in [-0.39, 0.29) is 11.7 Å². The summed E-state index contributed by atoms with van der Waals surface area (Å²) >= 11 is 7.21. The highest BCUT2D eigenvalue weighted by atomic mass is 35.5. The first-order chi connectivity index (χ1) is 16.1. The molecule has 9 heteroatoms. The summed E-state index contributed by atoms with van der Waals surface area (Å²) < 4.78 is 13.1. The number of amides is 1. The summed E-state index contributed by atoms with van der Waals surface area (Å²) in [6, 6.07) is 19.0. The molecule has 1 N–H and O–H groups in total. The molecule has 0 fully saturated rings. The molecule has 7 nitrogen and oxygen atoms in total. The molecule has 0 radical (unpaired) electrons. The van der Waals surface area contributed by atoms with Crippen LogP contribution in [-0.4, -0.2) is 39.6 Å². The van der Waals surface area contributed by atoms with Crippen LogP contribution in [-0.2, 0) is 11.3 Å². The Kier molecular flexibility index (Phi) is 7.70. The first-order valence-electron chi connectivity index (χ1n) is 10.4. The van der Waals surface area contributed by atoms with Crippen molar-refractivity contribution in [2.24, 2.45) is 0 Å². The van der Waals surface area contributed by atoms with Crippen LogP contribution < -0.4 is 10.1 Å². The van der Waals surface area contributed by atoms with Crippen LogP contribution in [0.25, 0.3) is 11.4 Å². The van der Waals surface area contributed by atoms with Crippen molar-refractivity contribution in [1.82, 2.24) is 20.1 Å². The van der Waals surface area contributed by atoms with Crippen LogP contribution in [0.5, 0.6) is 5.75 Å². The van der Waals surface area contributed by atoms with Crippen molar-refractivity contribution < 1.29 is 13.9 Å². The molecule has 0 aliphatic rings. The fourth-order valence-corrected chi connectivity index (χ4v) is 4.09. The number of carbonyl (C=O) groups excluding carboxylic acids is 1. The minimum atomic E-state index is -0.102. The van der Waals surface area contributed by atoms with Gasteiger partial charge in [-0.2, -0.15) is 0 Å². The SMILES string of the molecule is Cc1occc1-c1nnc(SCC(=O)NCCOc2ccc(Cl)cc2)n1Cc1ccccc1. The fraction of sp³-hybridized carbons (Fsp3) is 0.208. The van der Waals surface area contributed by atoms with Gasteiger partial charge in [-0.05, 0) is 42.8 Å². The molecular weight excluding hydrogens is 460 g/mol. The summed E-state index contributed by atoms with van der Waals surface area (Å²) in [6.45, 7) is 3.25. The number of carbonyl (C=O) groups is 1. The van der Waals surface area contributed by atoms with Gasteiger partial charge in [0.25, 0.3) is 0 Å². The third-order valence-electron chi connectivity index (χ3n) is 4.84. The Balaban J connectivity index is 1.36. The second kappa shape index (κ2) is 11.1. The summed E-state index contributed by atoms with van der Waals surface area (Å²) in [5.74, 6) is 2.31. The van der Waals surface area contributed by atoms with Crippen LogP contribution >= 0.6 is 23.4 Å². The van der Waals surface area contributed by atoms with Gasteiger partial charge < -0.3 is 14.5 Å². The van der Waals surface area contributed by atoms with Gasteiger partial charge in [-0.15, -0.1) is 10.2 Å². The average Bonchev–Trinajstić information content (AvgIpc) is 3.42. The van der Waals surface area contributed by atoms with Crippen LogP contribution in [0.4, 0.5) is 0 Å². The molecule has 170 valence electrons. The molecule has 1 amide bonds. The molecule has 0 aliphatic carbocycles. The van der Waals surface area contributed by atoms with Gasteiger partial charge >= 0.3 is 0 Å². The van der Waals surface area contributed by atoms with E-state index in [4.69, 9.17) is 20.8 Å². The number of benzene rings is 2. The maximum Gasteiger partial charge on any atom is 0.230 e. The minimum Gasteiger partial charge on any atom is -0.492 e. The third-order valence-corrected chi connectivity index (χ3v) is 6.06. The topological polar surface area (TPSA) is 82.2 Å². The molecule has 0 atom stereocenters. The first kappa shape index (κ1) is 22.9. The summed E-state index contributed by atoms with van der Waals surface area (Å²) in [4.78, 5) is 12.4. The number of nitrogens with one attached hydrogen (secondary N) is 1. The molecular formula is C24H23ClN4O3S. The van der Waals surface area contributed by atoms with Crippen molar-refractivity contribution >= 4 is 29.3 Å². The smallest absolute Gasteiger partial charge is 0.230 e. The first-order valence-corrected chi connectivity index (χ1v) is 11.8. The molecule has 4 rings (SSSR count). The highest BCUT2D eigenvalue weighted by Gasteiger charge is 2.18. The van der Waals surface area contributed by atoms with Crippen molar-refractivity contribution in [2.75, 3.05) is 18.9 Å². The van der Waals surface area contributed by atoms with Gasteiger partial charge in [-0.1, -0.05) is 53.7 Å². The van der Waals surface area contributed by atoms with E-state index in [1.165, 1.54) is 11.8 Å². The number of thioether (sulfide) groups is 1. The van der Waals surface area contributed by atoms with E-state index in [1.54, 1.807) is 30.5 Å². The normalized spacial score (nSPS) is 10.8. The maximum atomic E-state index is 12.4. The average molecular weight is 483 g/mol. The summed E-state index contributed by atoms with van der Waals surface area (Å²) in [5, 5.41) is 12.9.